The number of carbonyl (C=O) groups excluding carboxylic acids is 1. The molecule has 1 aliphatic rings. The third-order valence-corrected chi connectivity index (χ3v) is 6.72. The summed E-state index contributed by atoms with van der Waals surface area (Å²) in [5.74, 6) is 2.17. The number of aromatic nitrogens is 5. The molecular formula is C25H25N7OS. The maximum Gasteiger partial charge on any atom is 0.233 e. The third-order valence-electron chi connectivity index (χ3n) is 5.77. The van der Waals surface area contributed by atoms with E-state index >= 15 is 0 Å². The highest BCUT2D eigenvalue weighted by atomic mass is 32.2. The lowest BCUT2D eigenvalue weighted by Crippen LogP contribution is -2.49. The molecule has 4 aromatic rings. The van der Waals surface area contributed by atoms with E-state index in [1.807, 2.05) is 53.4 Å². The van der Waals surface area contributed by atoms with Crippen LogP contribution in [-0.4, -0.2) is 67.5 Å². The Hall–Kier alpha value is -3.72. The molecule has 0 radical (unpaired) electrons. The van der Waals surface area contributed by atoms with Crippen molar-refractivity contribution in [1.29, 1.82) is 0 Å². The van der Waals surface area contributed by atoms with Crippen molar-refractivity contribution >= 4 is 23.5 Å². The highest BCUT2D eigenvalue weighted by molar-refractivity contribution is 7.99. The number of carbonyl (C=O) groups is 1. The van der Waals surface area contributed by atoms with Gasteiger partial charge < -0.3 is 9.80 Å². The molecule has 4 heterocycles. The lowest BCUT2D eigenvalue weighted by Gasteiger charge is -2.35. The average molecular weight is 472 g/mol. The van der Waals surface area contributed by atoms with Crippen molar-refractivity contribution in [1.82, 2.24) is 29.6 Å². The molecule has 1 saturated heterocycles. The van der Waals surface area contributed by atoms with Crippen molar-refractivity contribution in [2.24, 2.45) is 0 Å². The first-order valence-corrected chi connectivity index (χ1v) is 12.2. The molecule has 3 aromatic heterocycles. The predicted molar refractivity (Wildman–Crippen MR) is 133 cm³/mol. The zero-order valence-electron chi connectivity index (χ0n) is 18.7. The van der Waals surface area contributed by atoms with Gasteiger partial charge in [0.1, 0.15) is 5.82 Å². The van der Waals surface area contributed by atoms with E-state index in [0.29, 0.717) is 25.4 Å². The predicted octanol–water partition coefficient (Wildman–Crippen LogP) is 3.22. The molecule has 0 bridgehead atoms. The number of nitrogens with zero attached hydrogens (tertiary/aromatic N) is 7. The summed E-state index contributed by atoms with van der Waals surface area (Å²) in [6.45, 7) is 3.57. The van der Waals surface area contributed by atoms with Crippen LogP contribution in [0.15, 0.2) is 84.4 Å². The second-order valence-corrected chi connectivity index (χ2v) is 8.90. The molecule has 5 rings (SSSR count). The van der Waals surface area contributed by atoms with Gasteiger partial charge in [0.05, 0.1) is 12.3 Å². The van der Waals surface area contributed by atoms with Crippen molar-refractivity contribution in [2.45, 2.75) is 11.7 Å². The lowest BCUT2D eigenvalue weighted by molar-refractivity contribution is -0.128. The second kappa shape index (κ2) is 10.5. The fraction of sp³-hybridized carbons (Fsp3) is 0.240. The molecule has 0 saturated carbocycles. The lowest BCUT2D eigenvalue weighted by atomic mass is 10.2. The van der Waals surface area contributed by atoms with Crippen LogP contribution in [0.1, 0.15) is 5.56 Å². The van der Waals surface area contributed by atoms with Gasteiger partial charge in [0, 0.05) is 50.3 Å². The van der Waals surface area contributed by atoms with E-state index in [9.17, 15) is 4.79 Å². The minimum Gasteiger partial charge on any atom is -0.353 e. The Morgan fingerprint density at radius 3 is 2.35 bits per heavy atom. The fourth-order valence-corrected chi connectivity index (χ4v) is 4.80. The Bertz CT molecular complexity index is 1210. The van der Waals surface area contributed by atoms with Crippen molar-refractivity contribution in [2.75, 3.05) is 36.8 Å². The number of thioether (sulfide) groups is 1. The molecule has 1 fully saturated rings. The van der Waals surface area contributed by atoms with Gasteiger partial charge in [0.2, 0.25) is 5.91 Å². The van der Waals surface area contributed by atoms with Crippen LogP contribution >= 0.6 is 11.8 Å². The first-order chi connectivity index (χ1) is 16.8. The van der Waals surface area contributed by atoms with Crippen LogP contribution in [0.4, 0.5) is 5.82 Å². The molecule has 8 nitrogen and oxygen atoms in total. The monoisotopic (exact) mass is 471 g/mol. The zero-order chi connectivity index (χ0) is 23.2. The quantitative estimate of drug-likeness (QED) is 0.383. The highest BCUT2D eigenvalue weighted by Gasteiger charge is 2.23. The van der Waals surface area contributed by atoms with Crippen molar-refractivity contribution in [3.05, 3.63) is 84.8 Å². The smallest absolute Gasteiger partial charge is 0.233 e. The normalized spacial score (nSPS) is 13.8. The van der Waals surface area contributed by atoms with Gasteiger partial charge in [-0.15, -0.1) is 10.2 Å². The minimum absolute atomic E-state index is 0.116. The largest absolute Gasteiger partial charge is 0.353 e. The Morgan fingerprint density at radius 2 is 1.62 bits per heavy atom. The van der Waals surface area contributed by atoms with Gasteiger partial charge in [0.25, 0.3) is 0 Å². The molecule has 1 amide bonds. The number of piperazine rings is 1. The molecule has 0 N–H and O–H groups in total. The number of benzene rings is 1. The van der Waals surface area contributed by atoms with Gasteiger partial charge in [-0.05, 0) is 29.8 Å². The van der Waals surface area contributed by atoms with Crippen LogP contribution in [0, 0.1) is 0 Å². The summed E-state index contributed by atoms with van der Waals surface area (Å²) in [7, 11) is 0. The van der Waals surface area contributed by atoms with E-state index in [1.54, 1.807) is 18.6 Å². The number of pyridine rings is 2. The molecule has 9 heteroatoms. The summed E-state index contributed by atoms with van der Waals surface area (Å²) in [4.78, 5) is 25.6. The van der Waals surface area contributed by atoms with E-state index in [2.05, 4.69) is 41.8 Å². The highest BCUT2D eigenvalue weighted by Crippen LogP contribution is 2.25. The third kappa shape index (κ3) is 5.09. The van der Waals surface area contributed by atoms with Crippen LogP contribution < -0.4 is 4.90 Å². The zero-order valence-corrected chi connectivity index (χ0v) is 19.5. The summed E-state index contributed by atoms with van der Waals surface area (Å²) >= 11 is 1.44. The number of hydrogen-bond donors (Lipinski definition) is 0. The maximum absolute atomic E-state index is 13.0. The van der Waals surface area contributed by atoms with Crippen molar-refractivity contribution < 1.29 is 4.79 Å². The Kier molecular flexibility index (Phi) is 6.81. The number of amides is 1. The molecule has 1 aliphatic heterocycles. The first kappa shape index (κ1) is 22.1. The topological polar surface area (TPSA) is 80.0 Å². The number of anilines is 1. The van der Waals surface area contributed by atoms with Gasteiger partial charge in [-0.25, -0.2) is 4.98 Å². The summed E-state index contributed by atoms with van der Waals surface area (Å²) in [5, 5.41) is 9.60. The van der Waals surface area contributed by atoms with E-state index < -0.39 is 0 Å². The molecule has 0 atom stereocenters. The van der Waals surface area contributed by atoms with Crippen molar-refractivity contribution in [3.8, 4) is 11.4 Å². The van der Waals surface area contributed by atoms with E-state index in [0.717, 1.165) is 41.0 Å². The number of hydrogen-bond acceptors (Lipinski definition) is 7. The van der Waals surface area contributed by atoms with Crippen LogP contribution in [0.25, 0.3) is 11.4 Å². The molecule has 0 aliphatic carbocycles. The Morgan fingerprint density at radius 1 is 0.853 bits per heavy atom. The van der Waals surface area contributed by atoms with Gasteiger partial charge in [-0.3, -0.25) is 14.3 Å². The van der Waals surface area contributed by atoms with E-state index in [-0.39, 0.29) is 5.91 Å². The SMILES string of the molecule is O=C(CSc1nnc(-c2ccncc2)n1Cc1ccccc1)N1CCN(c2ccccn2)CC1. The fourth-order valence-electron chi connectivity index (χ4n) is 3.96. The van der Waals surface area contributed by atoms with Gasteiger partial charge >= 0.3 is 0 Å². The van der Waals surface area contributed by atoms with E-state index in [4.69, 9.17) is 0 Å². The van der Waals surface area contributed by atoms with Crippen LogP contribution in [0.5, 0.6) is 0 Å². The van der Waals surface area contributed by atoms with Crippen LogP contribution in [0.2, 0.25) is 0 Å². The molecule has 0 spiro atoms. The molecule has 172 valence electrons. The minimum atomic E-state index is 0.116. The first-order valence-electron chi connectivity index (χ1n) is 11.2. The van der Waals surface area contributed by atoms with Gasteiger partial charge in [-0.2, -0.15) is 0 Å². The standard InChI is InChI=1S/C25H25N7OS/c33-23(31-16-14-30(15-17-31)22-8-4-5-11-27-22)19-34-25-29-28-24(21-9-12-26-13-10-21)32(25)18-20-6-2-1-3-7-20/h1-13H,14-19H2. The Labute approximate surface area is 202 Å². The summed E-state index contributed by atoms with van der Waals surface area (Å²) in [6, 6.07) is 20.0. The molecule has 1 aromatic carbocycles. The van der Waals surface area contributed by atoms with Crippen LogP contribution in [-0.2, 0) is 11.3 Å². The second-order valence-electron chi connectivity index (χ2n) is 7.96. The summed E-state index contributed by atoms with van der Waals surface area (Å²) in [5.41, 5.74) is 2.10. The van der Waals surface area contributed by atoms with Crippen LogP contribution in [0.3, 0.4) is 0 Å². The van der Waals surface area contributed by atoms with Gasteiger partial charge in [0.15, 0.2) is 11.0 Å². The van der Waals surface area contributed by atoms with E-state index in [1.165, 1.54) is 11.8 Å². The molecule has 34 heavy (non-hydrogen) atoms. The number of rotatable bonds is 7. The summed E-state index contributed by atoms with van der Waals surface area (Å²) < 4.78 is 2.07. The van der Waals surface area contributed by atoms with Gasteiger partial charge in [-0.1, -0.05) is 48.2 Å². The average Bonchev–Trinajstić information content (AvgIpc) is 3.31. The van der Waals surface area contributed by atoms with Crippen molar-refractivity contribution in [3.63, 3.8) is 0 Å². The summed E-state index contributed by atoms with van der Waals surface area (Å²) in [6.07, 6.45) is 5.30. The Balaban J connectivity index is 1.26. The molecular weight excluding hydrogens is 446 g/mol. The molecule has 0 unspecified atom stereocenters. The maximum atomic E-state index is 13.0.